The molecule has 100 valence electrons. The van der Waals surface area contributed by atoms with Gasteiger partial charge < -0.3 is 10.4 Å². The largest absolute Gasteiger partial charge is 0.508 e. The number of sulfone groups is 1. The molecule has 1 aromatic carbocycles. The van der Waals surface area contributed by atoms with E-state index in [-0.39, 0.29) is 16.8 Å². The van der Waals surface area contributed by atoms with Crippen LogP contribution in [0.4, 0.5) is 0 Å². The van der Waals surface area contributed by atoms with Gasteiger partial charge in [-0.1, -0.05) is 18.2 Å². The average molecular weight is 269 g/mol. The molecule has 1 aliphatic heterocycles. The molecule has 0 saturated carbocycles. The zero-order valence-electron chi connectivity index (χ0n) is 10.3. The Morgan fingerprint density at radius 2 is 2.11 bits per heavy atom. The molecule has 0 radical (unpaired) electrons. The molecule has 0 amide bonds. The molecule has 5 heteroatoms. The highest BCUT2D eigenvalue weighted by molar-refractivity contribution is 7.92. The topological polar surface area (TPSA) is 66.4 Å². The van der Waals surface area contributed by atoms with Crippen molar-refractivity contribution in [2.24, 2.45) is 0 Å². The number of rotatable bonds is 4. The molecule has 1 heterocycles. The van der Waals surface area contributed by atoms with E-state index in [1.807, 2.05) is 6.07 Å². The fourth-order valence-electron chi connectivity index (χ4n) is 2.27. The van der Waals surface area contributed by atoms with Crippen LogP contribution < -0.4 is 5.32 Å². The third-order valence-corrected chi connectivity index (χ3v) is 5.60. The number of piperidine rings is 1. The summed E-state index contributed by atoms with van der Waals surface area (Å²) in [5.74, 6) is 0.283. The lowest BCUT2D eigenvalue weighted by Gasteiger charge is -2.22. The van der Waals surface area contributed by atoms with E-state index in [1.165, 1.54) is 0 Å². The molecule has 1 fully saturated rings. The first-order valence-electron chi connectivity index (χ1n) is 6.29. The number of hydrogen-bond donors (Lipinski definition) is 2. The van der Waals surface area contributed by atoms with Crippen LogP contribution in [0, 0.1) is 0 Å². The molecule has 1 atom stereocenters. The second kappa shape index (κ2) is 5.71. The molecule has 2 rings (SSSR count). The highest BCUT2D eigenvalue weighted by Crippen LogP contribution is 2.19. The normalized spacial score (nSPS) is 20.8. The van der Waals surface area contributed by atoms with E-state index in [0.717, 1.165) is 19.4 Å². The van der Waals surface area contributed by atoms with Gasteiger partial charge in [0.2, 0.25) is 0 Å². The minimum Gasteiger partial charge on any atom is -0.508 e. The second-order valence-corrected chi connectivity index (χ2v) is 7.11. The maximum Gasteiger partial charge on any atom is 0.154 e. The number of hydrogen-bond acceptors (Lipinski definition) is 4. The average Bonchev–Trinajstić information content (AvgIpc) is 2.39. The second-order valence-electron chi connectivity index (χ2n) is 4.71. The minimum absolute atomic E-state index is 0.108. The van der Waals surface area contributed by atoms with E-state index in [4.69, 9.17) is 0 Å². The van der Waals surface area contributed by atoms with E-state index >= 15 is 0 Å². The lowest BCUT2D eigenvalue weighted by molar-refractivity contribution is 0.468. The van der Waals surface area contributed by atoms with Crippen molar-refractivity contribution in [2.45, 2.75) is 24.5 Å². The Hall–Kier alpha value is -1.07. The molecule has 4 nitrogen and oxygen atoms in total. The minimum atomic E-state index is -3.07. The van der Waals surface area contributed by atoms with Crippen molar-refractivity contribution in [3.8, 4) is 5.75 Å². The summed E-state index contributed by atoms with van der Waals surface area (Å²) in [6.45, 7) is 1.47. The smallest absolute Gasteiger partial charge is 0.154 e. The summed E-state index contributed by atoms with van der Waals surface area (Å²) in [6.07, 6.45) is 2.04. The molecule has 1 unspecified atom stereocenters. The zero-order valence-corrected chi connectivity index (χ0v) is 11.1. The van der Waals surface area contributed by atoms with Crippen molar-refractivity contribution in [3.05, 3.63) is 29.8 Å². The molecule has 0 spiro atoms. The first-order valence-corrected chi connectivity index (χ1v) is 8.00. The number of benzene rings is 1. The molecule has 0 bridgehead atoms. The summed E-state index contributed by atoms with van der Waals surface area (Å²) < 4.78 is 24.3. The van der Waals surface area contributed by atoms with Crippen molar-refractivity contribution in [1.82, 2.24) is 5.32 Å². The van der Waals surface area contributed by atoms with Gasteiger partial charge in [-0.15, -0.1) is 0 Å². The predicted octanol–water partition coefficient (Wildman–Crippen LogP) is 1.10. The van der Waals surface area contributed by atoms with Crippen molar-refractivity contribution in [3.63, 3.8) is 0 Å². The maximum atomic E-state index is 12.1. The number of phenols is 1. The molecular formula is C13H19NO3S. The predicted molar refractivity (Wildman–Crippen MR) is 71.5 cm³/mol. The van der Waals surface area contributed by atoms with E-state index in [0.29, 0.717) is 18.5 Å². The first kappa shape index (κ1) is 13.4. The van der Waals surface area contributed by atoms with Gasteiger partial charge in [0, 0.05) is 6.54 Å². The Morgan fingerprint density at radius 1 is 1.33 bits per heavy atom. The fourth-order valence-corrected chi connectivity index (χ4v) is 4.00. The van der Waals surface area contributed by atoms with Crippen LogP contribution in [-0.4, -0.2) is 37.6 Å². The van der Waals surface area contributed by atoms with Crippen LogP contribution in [0.5, 0.6) is 5.75 Å². The number of aryl methyl sites for hydroxylation is 1. The monoisotopic (exact) mass is 269 g/mol. The molecule has 0 aromatic heterocycles. The van der Waals surface area contributed by atoms with Crippen molar-refractivity contribution in [1.29, 1.82) is 0 Å². The molecule has 2 N–H and O–H groups in total. The van der Waals surface area contributed by atoms with Gasteiger partial charge >= 0.3 is 0 Å². The number of aromatic hydroxyl groups is 1. The van der Waals surface area contributed by atoms with Gasteiger partial charge in [0.25, 0.3) is 0 Å². The molecule has 1 aliphatic rings. The number of para-hydroxylation sites is 1. The zero-order chi connectivity index (χ0) is 13.0. The number of nitrogens with one attached hydrogen (secondary N) is 1. The Kier molecular flexibility index (Phi) is 4.24. The van der Waals surface area contributed by atoms with Crippen molar-refractivity contribution < 1.29 is 13.5 Å². The van der Waals surface area contributed by atoms with E-state index < -0.39 is 9.84 Å². The van der Waals surface area contributed by atoms with Gasteiger partial charge in [0.15, 0.2) is 9.84 Å². The van der Waals surface area contributed by atoms with Gasteiger partial charge in [-0.25, -0.2) is 8.42 Å². The van der Waals surface area contributed by atoms with Gasteiger partial charge in [0.05, 0.1) is 11.0 Å². The highest BCUT2D eigenvalue weighted by atomic mass is 32.2. The SMILES string of the molecule is O=S(=O)(CCc1ccccc1O)C1CCCNC1. The summed E-state index contributed by atoms with van der Waals surface area (Å²) in [6, 6.07) is 6.90. The third-order valence-electron chi connectivity index (χ3n) is 3.41. The van der Waals surface area contributed by atoms with Crippen molar-refractivity contribution >= 4 is 9.84 Å². The maximum absolute atomic E-state index is 12.1. The van der Waals surface area contributed by atoms with Crippen molar-refractivity contribution in [2.75, 3.05) is 18.8 Å². The van der Waals surface area contributed by atoms with Crippen LogP contribution in [0.15, 0.2) is 24.3 Å². The first-order chi connectivity index (χ1) is 8.59. The van der Waals surface area contributed by atoms with Crippen LogP contribution in [0.2, 0.25) is 0 Å². The Labute approximate surface area is 108 Å². The summed E-state index contributed by atoms with van der Waals surface area (Å²) >= 11 is 0. The van der Waals surface area contributed by atoms with Crippen LogP contribution in [-0.2, 0) is 16.3 Å². The summed E-state index contributed by atoms with van der Waals surface area (Å²) in [5.41, 5.74) is 0.699. The highest BCUT2D eigenvalue weighted by Gasteiger charge is 2.26. The van der Waals surface area contributed by atoms with Crippen LogP contribution in [0.25, 0.3) is 0 Å². The van der Waals surface area contributed by atoms with Crippen LogP contribution in [0.1, 0.15) is 18.4 Å². The Morgan fingerprint density at radius 3 is 2.78 bits per heavy atom. The summed E-state index contributed by atoms with van der Waals surface area (Å²) in [7, 11) is -3.07. The van der Waals surface area contributed by atoms with Crippen LogP contribution in [0.3, 0.4) is 0 Å². The third kappa shape index (κ3) is 3.23. The summed E-state index contributed by atoms with van der Waals surface area (Å²) in [5, 5.41) is 12.5. The van der Waals surface area contributed by atoms with Gasteiger partial charge in [-0.3, -0.25) is 0 Å². The fraction of sp³-hybridized carbons (Fsp3) is 0.538. The van der Waals surface area contributed by atoms with E-state index in [9.17, 15) is 13.5 Å². The van der Waals surface area contributed by atoms with Crippen LogP contribution >= 0.6 is 0 Å². The van der Waals surface area contributed by atoms with E-state index in [1.54, 1.807) is 18.2 Å². The molecule has 1 saturated heterocycles. The van der Waals surface area contributed by atoms with Gasteiger partial charge in [0.1, 0.15) is 5.75 Å². The van der Waals surface area contributed by atoms with Gasteiger partial charge in [-0.2, -0.15) is 0 Å². The number of phenolic OH excluding ortho intramolecular Hbond substituents is 1. The lowest BCUT2D eigenvalue weighted by Crippen LogP contribution is -2.40. The molecular weight excluding hydrogens is 250 g/mol. The Balaban J connectivity index is 1.98. The molecule has 1 aromatic rings. The molecule has 0 aliphatic carbocycles. The van der Waals surface area contributed by atoms with Gasteiger partial charge in [-0.05, 0) is 37.4 Å². The van der Waals surface area contributed by atoms with E-state index in [2.05, 4.69) is 5.32 Å². The Bertz CT molecular complexity index is 493. The summed E-state index contributed by atoms with van der Waals surface area (Å²) in [4.78, 5) is 0. The molecule has 18 heavy (non-hydrogen) atoms. The standard InChI is InChI=1S/C13H19NO3S/c15-13-6-2-1-4-11(13)7-9-18(16,17)12-5-3-8-14-10-12/h1-2,4,6,12,14-15H,3,5,7-10H2. The lowest BCUT2D eigenvalue weighted by atomic mass is 10.1. The quantitative estimate of drug-likeness (QED) is 0.859.